The van der Waals surface area contributed by atoms with Crippen molar-refractivity contribution >= 4 is 0 Å². The Morgan fingerprint density at radius 2 is 2.12 bits per heavy atom. The highest BCUT2D eigenvalue weighted by Crippen LogP contribution is 2.17. The van der Waals surface area contributed by atoms with Crippen LogP contribution < -0.4 is 0 Å². The first-order chi connectivity index (χ1) is 7.63. The Labute approximate surface area is 97.6 Å². The van der Waals surface area contributed by atoms with Gasteiger partial charge in [0.2, 0.25) is 0 Å². The SMILES string of the molecule is CN(C)CC1CC(O)CN1CCOCCO. The van der Waals surface area contributed by atoms with Gasteiger partial charge in [-0.3, -0.25) is 4.90 Å². The second-order valence-electron chi connectivity index (χ2n) is 4.64. The van der Waals surface area contributed by atoms with E-state index in [1.165, 1.54) is 0 Å². The Balaban J connectivity index is 2.26. The number of β-amino-alcohol motifs (C(OH)–C–C–N with tert-alkyl or cyclic N) is 1. The van der Waals surface area contributed by atoms with Gasteiger partial charge in [0.25, 0.3) is 0 Å². The Morgan fingerprint density at radius 1 is 1.38 bits per heavy atom. The van der Waals surface area contributed by atoms with Gasteiger partial charge in [0.05, 0.1) is 25.9 Å². The molecule has 1 heterocycles. The fourth-order valence-electron chi connectivity index (χ4n) is 2.19. The number of rotatable bonds is 7. The quantitative estimate of drug-likeness (QED) is 0.551. The first-order valence-corrected chi connectivity index (χ1v) is 5.89. The summed E-state index contributed by atoms with van der Waals surface area (Å²) in [7, 11) is 4.09. The summed E-state index contributed by atoms with van der Waals surface area (Å²) >= 11 is 0. The minimum Gasteiger partial charge on any atom is -0.394 e. The van der Waals surface area contributed by atoms with Gasteiger partial charge in [-0.1, -0.05) is 0 Å². The highest BCUT2D eigenvalue weighted by atomic mass is 16.5. The fourth-order valence-corrected chi connectivity index (χ4v) is 2.19. The van der Waals surface area contributed by atoms with Crippen molar-refractivity contribution in [3.63, 3.8) is 0 Å². The Bertz CT molecular complexity index is 190. The van der Waals surface area contributed by atoms with Crippen molar-refractivity contribution in [2.24, 2.45) is 0 Å². The fraction of sp³-hybridized carbons (Fsp3) is 1.00. The van der Waals surface area contributed by atoms with Crippen LogP contribution in [0.2, 0.25) is 0 Å². The zero-order valence-electron chi connectivity index (χ0n) is 10.3. The number of likely N-dealkylation sites (tertiary alicyclic amines) is 1. The van der Waals surface area contributed by atoms with Crippen LogP contribution in [0, 0.1) is 0 Å². The van der Waals surface area contributed by atoms with E-state index in [1.54, 1.807) is 0 Å². The summed E-state index contributed by atoms with van der Waals surface area (Å²) in [6, 6.07) is 0.419. The molecular weight excluding hydrogens is 208 g/mol. The van der Waals surface area contributed by atoms with E-state index < -0.39 is 0 Å². The molecule has 1 saturated heterocycles. The van der Waals surface area contributed by atoms with Gasteiger partial charge in [-0.05, 0) is 20.5 Å². The molecule has 16 heavy (non-hydrogen) atoms. The van der Waals surface area contributed by atoms with Crippen LogP contribution in [0.25, 0.3) is 0 Å². The monoisotopic (exact) mass is 232 g/mol. The highest BCUT2D eigenvalue weighted by Gasteiger charge is 2.30. The third-order valence-electron chi connectivity index (χ3n) is 2.84. The van der Waals surface area contributed by atoms with Crippen LogP contribution in [0.4, 0.5) is 0 Å². The summed E-state index contributed by atoms with van der Waals surface area (Å²) in [5, 5.41) is 18.2. The molecule has 1 aliphatic rings. The molecule has 5 heteroatoms. The second kappa shape index (κ2) is 7.19. The maximum absolute atomic E-state index is 9.64. The van der Waals surface area contributed by atoms with Crippen molar-refractivity contribution in [3.05, 3.63) is 0 Å². The molecule has 0 aromatic heterocycles. The molecule has 0 bridgehead atoms. The summed E-state index contributed by atoms with van der Waals surface area (Å²) in [5.74, 6) is 0. The van der Waals surface area contributed by atoms with Crippen molar-refractivity contribution < 1.29 is 14.9 Å². The van der Waals surface area contributed by atoms with E-state index >= 15 is 0 Å². The van der Waals surface area contributed by atoms with Gasteiger partial charge in [-0.2, -0.15) is 0 Å². The number of aliphatic hydroxyl groups excluding tert-OH is 2. The molecule has 1 rings (SSSR count). The van der Waals surface area contributed by atoms with E-state index in [0.717, 1.165) is 26.1 Å². The summed E-state index contributed by atoms with van der Waals surface area (Å²) in [5.41, 5.74) is 0. The van der Waals surface area contributed by atoms with Gasteiger partial charge in [0, 0.05) is 25.7 Å². The number of likely N-dealkylation sites (N-methyl/N-ethyl adjacent to an activating group) is 1. The average Bonchev–Trinajstić information content (AvgIpc) is 2.53. The van der Waals surface area contributed by atoms with Gasteiger partial charge in [0.15, 0.2) is 0 Å². The highest BCUT2D eigenvalue weighted by molar-refractivity contribution is 4.86. The van der Waals surface area contributed by atoms with Crippen molar-refractivity contribution in [1.82, 2.24) is 9.80 Å². The lowest BCUT2D eigenvalue weighted by Gasteiger charge is -2.26. The lowest BCUT2D eigenvalue weighted by atomic mass is 10.2. The zero-order valence-corrected chi connectivity index (χ0v) is 10.3. The summed E-state index contributed by atoms with van der Waals surface area (Å²) < 4.78 is 5.25. The van der Waals surface area contributed by atoms with Gasteiger partial charge in [-0.15, -0.1) is 0 Å². The number of aliphatic hydroxyl groups is 2. The first kappa shape index (κ1) is 13.9. The molecule has 0 amide bonds. The minimum absolute atomic E-state index is 0.0732. The molecule has 2 unspecified atom stereocenters. The number of ether oxygens (including phenoxy) is 1. The molecule has 2 atom stereocenters. The van der Waals surface area contributed by atoms with Gasteiger partial charge >= 0.3 is 0 Å². The van der Waals surface area contributed by atoms with Crippen molar-refractivity contribution in [3.8, 4) is 0 Å². The standard InChI is InChI=1S/C11H24N2O3/c1-12(2)8-10-7-11(15)9-13(10)3-5-16-6-4-14/h10-11,14-15H,3-9H2,1-2H3. The van der Waals surface area contributed by atoms with Crippen molar-refractivity contribution in [2.45, 2.75) is 18.6 Å². The second-order valence-corrected chi connectivity index (χ2v) is 4.64. The molecule has 0 aromatic carbocycles. The predicted octanol–water partition coefficient (Wildman–Crippen LogP) is -1.01. The normalized spacial score (nSPS) is 26.8. The lowest BCUT2D eigenvalue weighted by Crippen LogP contribution is -2.39. The molecular formula is C11H24N2O3. The Morgan fingerprint density at radius 3 is 2.75 bits per heavy atom. The van der Waals surface area contributed by atoms with E-state index in [-0.39, 0.29) is 12.7 Å². The molecule has 0 aliphatic carbocycles. The minimum atomic E-state index is -0.206. The molecule has 1 aliphatic heterocycles. The third-order valence-corrected chi connectivity index (χ3v) is 2.84. The van der Waals surface area contributed by atoms with E-state index in [4.69, 9.17) is 9.84 Å². The van der Waals surface area contributed by atoms with E-state index in [1.807, 2.05) is 14.1 Å². The molecule has 5 nitrogen and oxygen atoms in total. The predicted molar refractivity (Wildman–Crippen MR) is 62.4 cm³/mol. The largest absolute Gasteiger partial charge is 0.394 e. The molecule has 0 spiro atoms. The van der Waals surface area contributed by atoms with Gasteiger partial charge in [-0.25, -0.2) is 0 Å². The van der Waals surface area contributed by atoms with Crippen molar-refractivity contribution in [2.75, 3.05) is 53.6 Å². The van der Waals surface area contributed by atoms with Crippen LogP contribution in [-0.4, -0.2) is 85.7 Å². The first-order valence-electron chi connectivity index (χ1n) is 5.89. The Hall–Kier alpha value is -0.200. The molecule has 0 saturated carbocycles. The summed E-state index contributed by atoms with van der Waals surface area (Å²) in [6.45, 7) is 3.63. The maximum Gasteiger partial charge on any atom is 0.0698 e. The average molecular weight is 232 g/mol. The van der Waals surface area contributed by atoms with E-state index in [0.29, 0.717) is 19.3 Å². The van der Waals surface area contributed by atoms with E-state index in [9.17, 15) is 5.11 Å². The van der Waals surface area contributed by atoms with E-state index in [2.05, 4.69) is 9.80 Å². The maximum atomic E-state index is 9.64. The topological polar surface area (TPSA) is 56.2 Å². The smallest absolute Gasteiger partial charge is 0.0698 e. The molecule has 96 valence electrons. The number of nitrogens with zero attached hydrogens (tertiary/aromatic N) is 2. The molecule has 2 N–H and O–H groups in total. The van der Waals surface area contributed by atoms with Gasteiger partial charge in [0.1, 0.15) is 0 Å². The zero-order chi connectivity index (χ0) is 12.0. The Kier molecular flexibility index (Phi) is 6.23. The molecule has 1 fully saturated rings. The molecule has 0 aromatic rings. The van der Waals surface area contributed by atoms with Crippen LogP contribution in [0.15, 0.2) is 0 Å². The van der Waals surface area contributed by atoms with Crippen molar-refractivity contribution in [1.29, 1.82) is 0 Å². The third kappa shape index (κ3) is 4.76. The van der Waals surface area contributed by atoms with Crippen LogP contribution in [-0.2, 0) is 4.74 Å². The van der Waals surface area contributed by atoms with Crippen LogP contribution in [0.5, 0.6) is 0 Å². The van der Waals surface area contributed by atoms with Crippen LogP contribution in [0.1, 0.15) is 6.42 Å². The number of hydrogen-bond acceptors (Lipinski definition) is 5. The van der Waals surface area contributed by atoms with Crippen LogP contribution in [0.3, 0.4) is 0 Å². The molecule has 0 radical (unpaired) electrons. The van der Waals surface area contributed by atoms with Gasteiger partial charge < -0.3 is 19.8 Å². The van der Waals surface area contributed by atoms with Crippen LogP contribution >= 0.6 is 0 Å². The summed E-state index contributed by atoms with van der Waals surface area (Å²) in [4.78, 5) is 4.41. The lowest BCUT2D eigenvalue weighted by molar-refractivity contribution is 0.0662. The number of hydrogen-bond donors (Lipinski definition) is 2. The summed E-state index contributed by atoms with van der Waals surface area (Å²) in [6.07, 6.45) is 0.640.